The van der Waals surface area contributed by atoms with E-state index in [1.165, 1.54) is 0 Å². The normalized spacial score (nSPS) is 14.2. The van der Waals surface area contributed by atoms with E-state index in [-0.39, 0.29) is 0 Å². The first-order chi connectivity index (χ1) is 6.79. The zero-order chi connectivity index (χ0) is 13.2. The molecule has 0 saturated heterocycles. The summed E-state index contributed by atoms with van der Waals surface area (Å²) >= 11 is 0. The molecular weight excluding hydrogens is 328 g/mol. The van der Waals surface area contributed by atoms with E-state index in [9.17, 15) is 36.9 Å². The van der Waals surface area contributed by atoms with Gasteiger partial charge in [-0.2, -0.15) is 37.2 Å². The van der Waals surface area contributed by atoms with Crippen LogP contribution < -0.4 is 0 Å². The molecular formula is F3O9PS3. The molecule has 0 aliphatic carbocycles. The summed E-state index contributed by atoms with van der Waals surface area (Å²) in [4.78, 5) is 0. The highest BCUT2D eigenvalue weighted by Gasteiger charge is 2.33. The highest BCUT2D eigenvalue weighted by molar-refractivity contribution is 7.92. The summed E-state index contributed by atoms with van der Waals surface area (Å²) in [7, 11) is -22.1. The summed E-state index contributed by atoms with van der Waals surface area (Å²) in [5, 5.41) is 0. The highest BCUT2D eigenvalue weighted by Crippen LogP contribution is 2.45. The minimum absolute atomic E-state index is 2.88. The quantitative estimate of drug-likeness (QED) is 0.484. The second-order valence-corrected chi connectivity index (χ2v) is 6.22. The molecule has 0 unspecified atom stereocenters. The van der Waals surface area contributed by atoms with Crippen LogP contribution in [0.25, 0.3) is 0 Å². The highest BCUT2D eigenvalue weighted by atomic mass is 32.3. The maximum absolute atomic E-state index is 11.8. The van der Waals surface area contributed by atoms with Gasteiger partial charge in [0.1, 0.15) is 0 Å². The topological polar surface area (TPSA) is 130 Å². The predicted molar refractivity (Wildman–Crippen MR) is 40.3 cm³/mol. The van der Waals surface area contributed by atoms with Crippen molar-refractivity contribution in [1.29, 1.82) is 0 Å². The van der Waals surface area contributed by atoms with Gasteiger partial charge in [-0.3, -0.25) is 0 Å². The third kappa shape index (κ3) is 10.5. The van der Waals surface area contributed by atoms with Crippen LogP contribution in [0.4, 0.5) is 11.7 Å². The van der Waals surface area contributed by atoms with Crippen LogP contribution in [0.15, 0.2) is 0 Å². The van der Waals surface area contributed by atoms with E-state index in [1.54, 1.807) is 0 Å². The Balaban J connectivity index is 4.93. The molecule has 0 amide bonds. The molecule has 16 heavy (non-hydrogen) atoms. The monoisotopic (exact) mass is 328 g/mol. The van der Waals surface area contributed by atoms with E-state index in [4.69, 9.17) is 0 Å². The molecule has 0 aliphatic rings. The molecule has 0 saturated carbocycles. The SMILES string of the molecule is O=S(=O)(F)OP(OS(=O)(=O)F)OS(=O)(=O)F. The largest absolute Gasteiger partial charge is 0.444 e. The van der Waals surface area contributed by atoms with Crippen LogP contribution >= 0.6 is 8.60 Å². The molecule has 0 aromatic rings. The van der Waals surface area contributed by atoms with Crippen LogP contribution in [0.5, 0.6) is 0 Å². The van der Waals surface area contributed by atoms with Gasteiger partial charge in [-0.25, -0.2) is 0 Å². The Hall–Kier alpha value is -0.0500. The lowest BCUT2D eigenvalue weighted by Crippen LogP contribution is -2.05. The maximum Gasteiger partial charge on any atom is 0.444 e. The maximum atomic E-state index is 11.8. The van der Waals surface area contributed by atoms with Crippen molar-refractivity contribution in [2.75, 3.05) is 0 Å². The molecule has 0 bridgehead atoms. The van der Waals surface area contributed by atoms with E-state index in [0.29, 0.717) is 0 Å². The van der Waals surface area contributed by atoms with Gasteiger partial charge in [0.05, 0.1) is 0 Å². The first kappa shape index (κ1) is 16.0. The molecule has 0 atom stereocenters. The second kappa shape index (κ2) is 5.07. The van der Waals surface area contributed by atoms with Crippen LogP contribution in [-0.2, 0) is 43.4 Å². The summed E-state index contributed by atoms with van der Waals surface area (Å²) in [6.45, 7) is 0. The molecule has 98 valence electrons. The molecule has 0 aromatic carbocycles. The van der Waals surface area contributed by atoms with Crippen molar-refractivity contribution in [2.45, 2.75) is 0 Å². The van der Waals surface area contributed by atoms with Crippen molar-refractivity contribution < 1.29 is 48.8 Å². The van der Waals surface area contributed by atoms with Crippen molar-refractivity contribution in [1.82, 2.24) is 0 Å². The van der Waals surface area contributed by atoms with Gasteiger partial charge in [-0.1, -0.05) is 11.7 Å². The molecule has 9 nitrogen and oxygen atoms in total. The Morgan fingerprint density at radius 3 is 0.938 bits per heavy atom. The van der Waals surface area contributed by atoms with E-state index in [2.05, 4.69) is 11.9 Å². The molecule has 0 radical (unpaired) electrons. The summed E-state index contributed by atoms with van der Waals surface area (Å²) in [5.74, 6) is 0. The molecule has 0 rings (SSSR count). The van der Waals surface area contributed by atoms with Gasteiger partial charge < -0.3 is 0 Å². The minimum Gasteiger partial charge on any atom is -0.164 e. The number of hydrogen-bond donors (Lipinski definition) is 0. The lowest BCUT2D eigenvalue weighted by atomic mass is 15.7. The Labute approximate surface area is 89.4 Å². The third-order valence-corrected chi connectivity index (χ3v) is 4.05. The summed E-state index contributed by atoms with van der Waals surface area (Å²) in [6, 6.07) is 0. The molecule has 0 fully saturated rings. The van der Waals surface area contributed by atoms with Crippen molar-refractivity contribution in [3.05, 3.63) is 0 Å². The zero-order valence-corrected chi connectivity index (χ0v) is 9.82. The number of halogens is 3. The van der Waals surface area contributed by atoms with Crippen molar-refractivity contribution in [3.8, 4) is 0 Å². The van der Waals surface area contributed by atoms with Gasteiger partial charge in [0.2, 0.25) is 0 Å². The lowest BCUT2D eigenvalue weighted by molar-refractivity contribution is 0.345. The molecule has 0 aliphatic heterocycles. The van der Waals surface area contributed by atoms with Crippen LogP contribution in [0.3, 0.4) is 0 Å². The standard InChI is InChI=1S/F3O9PS3/c1-14(4,5)10-13(11-15(2,6)7)12-16(3,8)9. The van der Waals surface area contributed by atoms with Crippen LogP contribution in [0.2, 0.25) is 0 Å². The van der Waals surface area contributed by atoms with Crippen LogP contribution in [-0.4, -0.2) is 25.3 Å². The predicted octanol–water partition coefficient (Wildman–Crippen LogP) is -0.0940. The number of hydrogen-bond acceptors (Lipinski definition) is 9. The van der Waals surface area contributed by atoms with Gasteiger partial charge in [0.25, 0.3) is 0 Å². The summed E-state index contributed by atoms with van der Waals surface area (Å²) < 4.78 is 102. The Morgan fingerprint density at radius 1 is 0.625 bits per heavy atom. The van der Waals surface area contributed by atoms with Crippen LogP contribution in [0, 0.1) is 0 Å². The van der Waals surface area contributed by atoms with Gasteiger partial charge in [0.15, 0.2) is 0 Å². The van der Waals surface area contributed by atoms with Crippen molar-refractivity contribution in [3.63, 3.8) is 0 Å². The van der Waals surface area contributed by atoms with Crippen molar-refractivity contribution >= 4 is 40.1 Å². The van der Waals surface area contributed by atoms with Gasteiger partial charge >= 0.3 is 40.1 Å². The number of rotatable bonds is 6. The Kier molecular flexibility index (Phi) is 5.06. The summed E-state index contributed by atoms with van der Waals surface area (Å²) in [5.41, 5.74) is 0. The van der Waals surface area contributed by atoms with Crippen LogP contribution in [0.1, 0.15) is 0 Å². The fraction of sp³-hybridized carbons (Fsp3) is 0. The summed E-state index contributed by atoms with van der Waals surface area (Å²) in [6.07, 6.45) is 0. The fourth-order valence-electron chi connectivity index (χ4n) is 0.255. The van der Waals surface area contributed by atoms with E-state index in [0.717, 1.165) is 0 Å². The first-order valence-electron chi connectivity index (χ1n) is 2.51. The Morgan fingerprint density at radius 2 is 0.812 bits per heavy atom. The molecule has 0 spiro atoms. The van der Waals surface area contributed by atoms with E-state index < -0.39 is 40.1 Å². The molecule has 0 aromatic heterocycles. The average molecular weight is 328 g/mol. The van der Waals surface area contributed by atoms with Gasteiger partial charge in [-0.05, 0) is 0 Å². The third-order valence-electron chi connectivity index (χ3n) is 0.450. The molecule has 0 heterocycles. The smallest absolute Gasteiger partial charge is 0.164 e. The molecule has 0 N–H and O–H groups in total. The molecule has 16 heteroatoms. The first-order valence-corrected chi connectivity index (χ1v) is 7.53. The van der Waals surface area contributed by atoms with Gasteiger partial charge in [0, 0.05) is 0 Å². The fourth-order valence-corrected chi connectivity index (χ4v) is 2.97. The lowest BCUT2D eigenvalue weighted by Gasteiger charge is -2.06. The average Bonchev–Trinajstić information content (AvgIpc) is 1.70. The zero-order valence-electron chi connectivity index (χ0n) is 6.48. The van der Waals surface area contributed by atoms with E-state index >= 15 is 0 Å². The second-order valence-electron chi connectivity index (χ2n) is 1.63. The van der Waals surface area contributed by atoms with Gasteiger partial charge in [-0.15, -0.1) is 0 Å². The Bertz CT molecular complexity index is 446. The van der Waals surface area contributed by atoms with E-state index in [1.807, 2.05) is 0 Å². The van der Waals surface area contributed by atoms with Crippen molar-refractivity contribution in [2.24, 2.45) is 0 Å². The minimum atomic E-state index is -5.95.